The third-order valence-electron chi connectivity index (χ3n) is 3.54. The summed E-state index contributed by atoms with van der Waals surface area (Å²) >= 11 is 0. The van der Waals surface area contributed by atoms with Crippen LogP contribution in [0.5, 0.6) is 0 Å². The molecule has 0 bridgehead atoms. The second kappa shape index (κ2) is 4.15. The van der Waals surface area contributed by atoms with E-state index in [0.29, 0.717) is 16.9 Å². The van der Waals surface area contributed by atoms with E-state index >= 15 is 0 Å². The number of hydrogen-bond donors (Lipinski definition) is 0. The zero-order chi connectivity index (χ0) is 12.7. The van der Waals surface area contributed by atoms with E-state index in [1.807, 2.05) is 0 Å². The largest absolute Gasteiger partial charge is 0.288 e. The molecule has 0 aromatic carbocycles. The Kier molecular flexibility index (Phi) is 2.61. The predicted octanol–water partition coefficient (Wildman–Crippen LogP) is 2.35. The molecular formula is C13H14FN3O. The highest BCUT2D eigenvalue weighted by Crippen LogP contribution is 2.30. The SMILES string of the molecule is Cc1ncc2cc(F)c(=O)n(C3CCCC3)c2n1. The summed E-state index contributed by atoms with van der Waals surface area (Å²) < 4.78 is 15.2. The zero-order valence-electron chi connectivity index (χ0n) is 10.2. The van der Waals surface area contributed by atoms with E-state index in [9.17, 15) is 9.18 Å². The number of nitrogens with zero attached hydrogens (tertiary/aromatic N) is 3. The van der Waals surface area contributed by atoms with Crippen molar-refractivity contribution in [2.24, 2.45) is 0 Å². The smallest absolute Gasteiger partial charge is 0.287 e. The highest BCUT2D eigenvalue weighted by atomic mass is 19.1. The van der Waals surface area contributed by atoms with Gasteiger partial charge in [0.15, 0.2) is 5.82 Å². The lowest BCUT2D eigenvalue weighted by Gasteiger charge is -2.16. The van der Waals surface area contributed by atoms with Crippen LogP contribution in [-0.2, 0) is 0 Å². The molecule has 1 aliphatic rings. The van der Waals surface area contributed by atoms with Gasteiger partial charge in [0.05, 0.1) is 0 Å². The van der Waals surface area contributed by atoms with Crippen molar-refractivity contribution in [3.8, 4) is 0 Å². The first kappa shape index (κ1) is 11.3. The van der Waals surface area contributed by atoms with Crippen LogP contribution in [0.1, 0.15) is 37.5 Å². The molecule has 4 nitrogen and oxygen atoms in total. The van der Waals surface area contributed by atoms with Crippen LogP contribution in [0.2, 0.25) is 0 Å². The van der Waals surface area contributed by atoms with Crippen LogP contribution in [0.25, 0.3) is 11.0 Å². The Morgan fingerprint density at radius 3 is 2.83 bits per heavy atom. The number of aromatic nitrogens is 3. The monoisotopic (exact) mass is 247 g/mol. The van der Waals surface area contributed by atoms with Gasteiger partial charge in [-0.05, 0) is 25.8 Å². The number of rotatable bonds is 1. The highest BCUT2D eigenvalue weighted by Gasteiger charge is 2.22. The van der Waals surface area contributed by atoms with Crippen LogP contribution in [0, 0.1) is 12.7 Å². The van der Waals surface area contributed by atoms with Crippen molar-refractivity contribution >= 4 is 11.0 Å². The van der Waals surface area contributed by atoms with Gasteiger partial charge in [0.1, 0.15) is 11.5 Å². The van der Waals surface area contributed by atoms with E-state index in [2.05, 4.69) is 9.97 Å². The normalized spacial score (nSPS) is 16.6. The molecule has 94 valence electrons. The molecule has 5 heteroatoms. The minimum atomic E-state index is -0.721. The first-order valence-corrected chi connectivity index (χ1v) is 6.21. The molecule has 0 saturated heterocycles. The molecule has 2 aromatic rings. The Balaban J connectivity index is 2.34. The highest BCUT2D eigenvalue weighted by molar-refractivity contribution is 5.74. The van der Waals surface area contributed by atoms with Crippen LogP contribution >= 0.6 is 0 Å². The van der Waals surface area contributed by atoms with E-state index < -0.39 is 11.4 Å². The first-order chi connectivity index (χ1) is 8.66. The molecule has 0 amide bonds. The third-order valence-corrected chi connectivity index (χ3v) is 3.54. The van der Waals surface area contributed by atoms with Gasteiger partial charge in [-0.2, -0.15) is 0 Å². The van der Waals surface area contributed by atoms with Crippen LogP contribution < -0.4 is 5.56 Å². The van der Waals surface area contributed by atoms with E-state index in [1.54, 1.807) is 13.1 Å². The molecule has 1 aliphatic carbocycles. The van der Waals surface area contributed by atoms with Gasteiger partial charge in [-0.1, -0.05) is 12.8 Å². The van der Waals surface area contributed by atoms with Gasteiger partial charge in [-0.25, -0.2) is 14.4 Å². The van der Waals surface area contributed by atoms with Gasteiger partial charge in [0.2, 0.25) is 0 Å². The standard InChI is InChI=1S/C13H14FN3O/c1-8-15-7-9-6-11(14)13(18)17(12(9)16-8)10-4-2-3-5-10/h6-7,10H,2-5H2,1H3. The summed E-state index contributed by atoms with van der Waals surface area (Å²) in [5.74, 6) is -0.123. The second-order valence-electron chi connectivity index (χ2n) is 4.80. The summed E-state index contributed by atoms with van der Waals surface area (Å²) in [7, 11) is 0. The molecule has 18 heavy (non-hydrogen) atoms. The van der Waals surface area contributed by atoms with Crippen molar-refractivity contribution in [2.45, 2.75) is 38.6 Å². The van der Waals surface area contributed by atoms with Gasteiger partial charge in [-0.15, -0.1) is 0 Å². The number of halogens is 1. The third kappa shape index (κ3) is 1.70. The maximum Gasteiger partial charge on any atom is 0.288 e. The van der Waals surface area contributed by atoms with Crippen LogP contribution in [0.3, 0.4) is 0 Å². The van der Waals surface area contributed by atoms with Crippen molar-refractivity contribution in [2.75, 3.05) is 0 Å². The molecule has 3 rings (SSSR count). The minimum absolute atomic E-state index is 0.0741. The fourth-order valence-corrected chi connectivity index (χ4v) is 2.67. The van der Waals surface area contributed by atoms with Gasteiger partial charge >= 0.3 is 0 Å². The Morgan fingerprint density at radius 1 is 1.39 bits per heavy atom. The zero-order valence-corrected chi connectivity index (χ0v) is 10.2. The van der Waals surface area contributed by atoms with Gasteiger partial charge in [0, 0.05) is 17.6 Å². The molecule has 0 radical (unpaired) electrons. The summed E-state index contributed by atoms with van der Waals surface area (Å²) in [6, 6.07) is 1.30. The van der Waals surface area contributed by atoms with Gasteiger partial charge in [-0.3, -0.25) is 9.36 Å². The van der Waals surface area contributed by atoms with Gasteiger partial charge in [0.25, 0.3) is 5.56 Å². The number of aryl methyl sites for hydroxylation is 1. The van der Waals surface area contributed by atoms with E-state index in [1.165, 1.54) is 10.6 Å². The van der Waals surface area contributed by atoms with E-state index in [0.717, 1.165) is 25.7 Å². The van der Waals surface area contributed by atoms with Gasteiger partial charge < -0.3 is 0 Å². The summed E-state index contributed by atoms with van der Waals surface area (Å²) in [4.78, 5) is 20.4. The summed E-state index contributed by atoms with van der Waals surface area (Å²) in [5.41, 5.74) is -0.00620. The van der Waals surface area contributed by atoms with E-state index in [4.69, 9.17) is 0 Å². The summed E-state index contributed by atoms with van der Waals surface area (Å²) in [6.45, 7) is 1.77. The molecule has 0 N–H and O–H groups in total. The Hall–Kier alpha value is -1.78. The summed E-state index contributed by atoms with van der Waals surface area (Å²) in [6.07, 6.45) is 5.58. The van der Waals surface area contributed by atoms with Crippen LogP contribution in [0.4, 0.5) is 4.39 Å². The predicted molar refractivity (Wildman–Crippen MR) is 66.0 cm³/mol. The second-order valence-corrected chi connectivity index (χ2v) is 4.80. The summed E-state index contributed by atoms with van der Waals surface area (Å²) in [5, 5.41) is 0.588. The molecule has 2 heterocycles. The average molecular weight is 247 g/mol. The Labute approximate surface area is 103 Å². The lowest BCUT2D eigenvalue weighted by molar-refractivity contribution is 0.489. The molecule has 0 unspecified atom stereocenters. The molecule has 1 saturated carbocycles. The molecule has 0 atom stereocenters. The maximum atomic E-state index is 13.7. The molecule has 0 spiro atoms. The molecule has 0 aliphatic heterocycles. The average Bonchev–Trinajstić information content (AvgIpc) is 2.85. The van der Waals surface area contributed by atoms with Crippen molar-refractivity contribution < 1.29 is 4.39 Å². The van der Waals surface area contributed by atoms with Crippen molar-refractivity contribution in [1.82, 2.24) is 14.5 Å². The Morgan fingerprint density at radius 2 is 2.11 bits per heavy atom. The van der Waals surface area contributed by atoms with Crippen molar-refractivity contribution in [3.05, 3.63) is 34.3 Å². The van der Waals surface area contributed by atoms with Crippen LogP contribution in [0.15, 0.2) is 17.1 Å². The van der Waals surface area contributed by atoms with E-state index in [-0.39, 0.29) is 6.04 Å². The fourth-order valence-electron chi connectivity index (χ4n) is 2.67. The quantitative estimate of drug-likeness (QED) is 0.777. The minimum Gasteiger partial charge on any atom is -0.287 e. The molecular weight excluding hydrogens is 233 g/mol. The number of fused-ring (bicyclic) bond motifs is 1. The number of pyridine rings is 1. The lowest BCUT2D eigenvalue weighted by Crippen LogP contribution is -2.27. The topological polar surface area (TPSA) is 47.8 Å². The molecule has 1 fully saturated rings. The lowest BCUT2D eigenvalue weighted by atomic mass is 10.2. The van der Waals surface area contributed by atoms with Crippen molar-refractivity contribution in [3.63, 3.8) is 0 Å². The maximum absolute atomic E-state index is 13.7. The number of hydrogen-bond acceptors (Lipinski definition) is 3. The van der Waals surface area contributed by atoms with Crippen molar-refractivity contribution in [1.29, 1.82) is 0 Å². The molecule has 2 aromatic heterocycles. The van der Waals surface area contributed by atoms with Crippen LogP contribution in [-0.4, -0.2) is 14.5 Å². The Bertz CT molecular complexity index is 659. The first-order valence-electron chi connectivity index (χ1n) is 6.21. The fraction of sp³-hybridized carbons (Fsp3) is 0.462.